The Kier molecular flexibility index (Phi) is 12.4. The summed E-state index contributed by atoms with van der Waals surface area (Å²) in [7, 11) is 0. The van der Waals surface area contributed by atoms with Crippen LogP contribution in [0.15, 0.2) is 225 Å². The monoisotopic (exact) mass is 1060 g/mol. The van der Waals surface area contributed by atoms with Gasteiger partial charge in [0, 0.05) is 29.8 Å². The molecular weight excluding hydrogens is 1010 g/mol. The Labute approximate surface area is 419 Å². The fourth-order valence-corrected chi connectivity index (χ4v) is 10.2. The maximum absolute atomic E-state index is 5.34. The molecule has 4 aliphatic carbocycles. The number of hydrogen-bond acceptors (Lipinski definition) is 3. The Balaban J connectivity index is 0.00000520. The Morgan fingerprint density at radius 3 is 1.54 bits per heavy atom. The average Bonchev–Trinajstić information content (AvgIpc) is 4.21. The van der Waals surface area contributed by atoms with Gasteiger partial charge < -0.3 is 16.0 Å². The normalized spacial score (nSPS) is 18.3. The van der Waals surface area contributed by atoms with Gasteiger partial charge in [0.25, 0.3) is 0 Å². The Morgan fingerprint density at radius 2 is 0.957 bits per heavy atom. The van der Waals surface area contributed by atoms with Gasteiger partial charge in [-0.2, -0.15) is 0 Å². The van der Waals surface area contributed by atoms with E-state index in [1.165, 1.54) is 44.5 Å². The van der Waals surface area contributed by atoms with E-state index >= 15 is 0 Å². The molecule has 0 amide bonds. The van der Waals surface area contributed by atoms with Gasteiger partial charge in [-0.3, -0.25) is 11.1 Å². The van der Waals surface area contributed by atoms with Crippen molar-refractivity contribution in [2.75, 3.05) is 0 Å². The third-order valence-corrected chi connectivity index (χ3v) is 14.1. The molecule has 1 saturated carbocycles. The van der Waals surface area contributed by atoms with E-state index in [1.54, 1.807) is 0 Å². The predicted molar refractivity (Wildman–Crippen MR) is 276 cm³/mol. The first-order valence-corrected chi connectivity index (χ1v) is 23.9. The molecule has 1 fully saturated rings. The van der Waals surface area contributed by atoms with E-state index in [0.29, 0.717) is 17.8 Å². The SMILES string of the molecule is [C-]1=CC2C3C=CC1(c1cc(-c4ccc(-c5ccccc5)cc4)c(-c4ccccc4-c4cc(CCc5ccc(-c6[c-]cccc6)nc5)cc(CCc5ccc(-c6[c-]cccc6)nc5)c4)cn1)C=CC23.[Ir+3]. The summed E-state index contributed by atoms with van der Waals surface area (Å²) in [5.41, 5.74) is 18.8. The number of rotatable bonds is 13. The Hall–Kier alpha value is -7.36. The third kappa shape index (κ3) is 9.19. The summed E-state index contributed by atoms with van der Waals surface area (Å²) in [6.07, 6.45) is 25.3. The second-order valence-corrected chi connectivity index (χ2v) is 18.4. The topological polar surface area (TPSA) is 38.7 Å². The van der Waals surface area contributed by atoms with Gasteiger partial charge in [0.1, 0.15) is 0 Å². The van der Waals surface area contributed by atoms with Gasteiger partial charge in [0.15, 0.2) is 0 Å². The molecule has 332 valence electrons. The summed E-state index contributed by atoms with van der Waals surface area (Å²) in [6.45, 7) is 0. The number of pyridine rings is 3. The van der Waals surface area contributed by atoms with Crippen molar-refractivity contribution in [3.63, 3.8) is 0 Å². The van der Waals surface area contributed by atoms with E-state index in [-0.39, 0.29) is 20.1 Å². The van der Waals surface area contributed by atoms with Crippen molar-refractivity contribution >= 4 is 0 Å². The van der Waals surface area contributed by atoms with E-state index < -0.39 is 5.41 Å². The second-order valence-electron chi connectivity index (χ2n) is 18.4. The van der Waals surface area contributed by atoms with E-state index in [1.807, 2.05) is 48.8 Å². The molecular formula is C65H48IrN3. The van der Waals surface area contributed by atoms with Gasteiger partial charge in [-0.15, -0.1) is 83.9 Å². The van der Waals surface area contributed by atoms with Gasteiger partial charge in [-0.1, -0.05) is 139 Å². The maximum Gasteiger partial charge on any atom is 3.00 e. The van der Waals surface area contributed by atoms with Crippen molar-refractivity contribution in [1.29, 1.82) is 0 Å². The van der Waals surface area contributed by atoms with Gasteiger partial charge in [0.05, 0.1) is 0 Å². The van der Waals surface area contributed by atoms with E-state index in [2.05, 4.69) is 194 Å². The molecule has 2 unspecified atom stereocenters. The zero-order valence-corrected chi connectivity index (χ0v) is 40.5. The minimum atomic E-state index is -0.496. The van der Waals surface area contributed by atoms with Crippen molar-refractivity contribution in [1.82, 2.24) is 15.0 Å². The molecule has 0 aliphatic heterocycles. The minimum Gasteiger partial charge on any atom is -0.480 e. The van der Waals surface area contributed by atoms with E-state index in [9.17, 15) is 0 Å². The molecule has 2 atom stereocenters. The summed E-state index contributed by atoms with van der Waals surface area (Å²) in [5.74, 6) is 1.70. The van der Waals surface area contributed by atoms with Crippen LogP contribution in [0.25, 0.3) is 67.0 Å². The number of hydrogen-bond donors (Lipinski definition) is 0. The molecule has 0 N–H and O–H groups in total. The first-order chi connectivity index (χ1) is 33.6. The number of allylic oxidation sites excluding steroid dienone is 6. The molecule has 0 spiro atoms. The first-order valence-electron chi connectivity index (χ1n) is 23.9. The molecule has 4 aliphatic rings. The Bertz CT molecular complexity index is 3170. The van der Waals surface area contributed by atoms with Gasteiger partial charge in [0.2, 0.25) is 0 Å². The van der Waals surface area contributed by atoms with Crippen molar-refractivity contribution in [3.05, 3.63) is 271 Å². The predicted octanol–water partition coefficient (Wildman–Crippen LogP) is 14.6. The standard InChI is InChI=1S/C65H48N3.Ir/c1-4-12-49(13-5-1)50-26-28-51(29-27-50)60-41-64(65-35-32-57-58(33-36-65)59(57)34-37-65)68-44-61(60)56-19-11-10-18-55(56)54-39-47(22-20-45-24-30-62(66-42-45)52-14-6-2-7-15-52)38-48(40-54)23-21-46-25-31-63(67-43-46)53-16-8-3-9-17-53;/h1-14,16,18-19,24-36,38-44,57-59H,20-23H2;/q-3;+3. The quantitative estimate of drug-likeness (QED) is 0.0853. The number of aryl methyl sites for hydroxylation is 4. The summed E-state index contributed by atoms with van der Waals surface area (Å²) in [6, 6.07) is 69.3. The molecule has 3 aromatic heterocycles. The molecule has 9 aromatic rings. The molecule has 6 aromatic carbocycles. The number of aromatic nitrogens is 3. The van der Waals surface area contributed by atoms with Crippen LogP contribution in [-0.2, 0) is 51.2 Å². The first kappa shape index (κ1) is 44.2. The van der Waals surface area contributed by atoms with Crippen LogP contribution < -0.4 is 0 Å². The summed E-state index contributed by atoms with van der Waals surface area (Å²) >= 11 is 0. The van der Waals surface area contributed by atoms with Gasteiger partial charge >= 0.3 is 20.1 Å². The van der Waals surface area contributed by atoms with Crippen LogP contribution in [0.3, 0.4) is 0 Å². The van der Waals surface area contributed by atoms with Gasteiger partial charge in [-0.05, 0) is 122 Å². The zero-order valence-electron chi connectivity index (χ0n) is 38.1. The third-order valence-electron chi connectivity index (χ3n) is 14.1. The molecule has 3 nitrogen and oxygen atoms in total. The molecule has 0 saturated heterocycles. The summed E-state index contributed by atoms with van der Waals surface area (Å²) in [5, 5.41) is 0. The molecule has 3 heterocycles. The van der Waals surface area contributed by atoms with Crippen LogP contribution in [0.4, 0.5) is 0 Å². The maximum atomic E-state index is 5.34. The molecule has 4 heteroatoms. The molecule has 4 bridgehead atoms. The molecule has 13 rings (SSSR count). The average molecular weight is 1060 g/mol. The number of nitrogens with zero attached hydrogens (tertiary/aromatic N) is 3. The largest absolute Gasteiger partial charge is 3.00 e. The second kappa shape index (κ2) is 19.3. The minimum absolute atomic E-state index is 0. The van der Waals surface area contributed by atoms with Crippen LogP contribution in [0.5, 0.6) is 0 Å². The van der Waals surface area contributed by atoms with Crippen LogP contribution in [0.2, 0.25) is 0 Å². The van der Waals surface area contributed by atoms with Crippen molar-refractivity contribution < 1.29 is 20.1 Å². The van der Waals surface area contributed by atoms with Crippen LogP contribution >= 0.6 is 0 Å². The molecule has 69 heavy (non-hydrogen) atoms. The smallest absolute Gasteiger partial charge is 0.480 e. The fourth-order valence-electron chi connectivity index (χ4n) is 10.2. The van der Waals surface area contributed by atoms with E-state index in [4.69, 9.17) is 15.0 Å². The molecule has 0 radical (unpaired) electrons. The van der Waals surface area contributed by atoms with Crippen molar-refractivity contribution in [3.8, 4) is 67.0 Å². The Morgan fingerprint density at radius 1 is 0.406 bits per heavy atom. The summed E-state index contributed by atoms with van der Waals surface area (Å²) < 4.78 is 0. The zero-order chi connectivity index (χ0) is 45.3. The van der Waals surface area contributed by atoms with Crippen LogP contribution in [0, 0.1) is 36.0 Å². The fraction of sp³-hybridized carbons (Fsp3) is 0.123. The van der Waals surface area contributed by atoms with Gasteiger partial charge in [-0.25, -0.2) is 0 Å². The van der Waals surface area contributed by atoms with Crippen molar-refractivity contribution in [2.24, 2.45) is 17.8 Å². The van der Waals surface area contributed by atoms with Crippen molar-refractivity contribution in [2.45, 2.75) is 31.1 Å². The van der Waals surface area contributed by atoms with Crippen LogP contribution in [0.1, 0.15) is 27.9 Å². The van der Waals surface area contributed by atoms with E-state index in [0.717, 1.165) is 76.1 Å². The number of benzene rings is 6. The summed E-state index contributed by atoms with van der Waals surface area (Å²) in [4.78, 5) is 15.0. The van der Waals surface area contributed by atoms with Crippen LogP contribution in [-0.4, -0.2) is 15.0 Å².